The van der Waals surface area contributed by atoms with Crippen molar-refractivity contribution in [2.24, 2.45) is 0 Å². The van der Waals surface area contributed by atoms with Crippen molar-refractivity contribution in [1.29, 1.82) is 0 Å². The summed E-state index contributed by atoms with van der Waals surface area (Å²) in [6, 6.07) is 0. The molecule has 8 heteroatoms. The van der Waals surface area contributed by atoms with Gasteiger partial charge in [0.1, 0.15) is 6.61 Å². The molecule has 106 valence electrons. The van der Waals surface area contributed by atoms with E-state index in [-0.39, 0.29) is 24.9 Å². The number of anilines is 1. The van der Waals surface area contributed by atoms with Crippen LogP contribution in [0.2, 0.25) is 0 Å². The Morgan fingerprint density at radius 3 is 2.84 bits per heavy atom. The maximum atomic E-state index is 11.5. The van der Waals surface area contributed by atoms with E-state index in [0.717, 1.165) is 0 Å². The molecule has 0 atom stereocenters. The van der Waals surface area contributed by atoms with Crippen molar-refractivity contribution in [3.63, 3.8) is 0 Å². The number of nitrogens with zero attached hydrogens (tertiary/aromatic N) is 1. The number of rotatable bonds is 8. The Labute approximate surface area is 114 Å². The van der Waals surface area contributed by atoms with Crippen LogP contribution in [-0.4, -0.2) is 50.9 Å². The summed E-state index contributed by atoms with van der Waals surface area (Å²) in [7, 11) is 2.87. The Hall–Kier alpha value is -1.51. The van der Waals surface area contributed by atoms with Crippen LogP contribution < -0.4 is 5.32 Å². The second kappa shape index (κ2) is 8.57. The molecule has 1 N–H and O–H groups in total. The monoisotopic (exact) mass is 288 g/mol. The van der Waals surface area contributed by atoms with E-state index in [0.29, 0.717) is 24.0 Å². The maximum Gasteiger partial charge on any atom is 0.311 e. The molecule has 0 fully saturated rings. The van der Waals surface area contributed by atoms with Crippen LogP contribution in [0.1, 0.15) is 5.69 Å². The molecule has 7 nitrogen and oxygen atoms in total. The Bertz CT molecular complexity index is 421. The van der Waals surface area contributed by atoms with Crippen molar-refractivity contribution < 1.29 is 23.8 Å². The van der Waals surface area contributed by atoms with Gasteiger partial charge in [-0.2, -0.15) is 0 Å². The number of aromatic nitrogens is 1. The second-order valence-electron chi connectivity index (χ2n) is 3.49. The number of nitrogens with one attached hydrogen (secondary N) is 1. The van der Waals surface area contributed by atoms with Crippen LogP contribution in [0, 0.1) is 0 Å². The molecule has 19 heavy (non-hydrogen) atoms. The van der Waals surface area contributed by atoms with Gasteiger partial charge >= 0.3 is 5.97 Å². The first-order chi connectivity index (χ1) is 9.15. The number of carbonyl (C=O) groups is 2. The van der Waals surface area contributed by atoms with Gasteiger partial charge in [0.05, 0.1) is 32.4 Å². The standard InChI is InChI=1S/C11H16N2O5S/c1-16-3-4-18-6-9(14)13-11-12-8(7-19-11)5-10(15)17-2/h7H,3-6H2,1-2H3,(H,12,13,14). The van der Waals surface area contributed by atoms with Crippen LogP contribution in [0.15, 0.2) is 5.38 Å². The third-order valence-corrected chi connectivity index (χ3v) is 2.82. The summed E-state index contributed by atoms with van der Waals surface area (Å²) in [5, 5.41) is 4.70. The van der Waals surface area contributed by atoms with Gasteiger partial charge in [-0.05, 0) is 0 Å². The molecule has 1 aromatic rings. The lowest BCUT2D eigenvalue weighted by Crippen LogP contribution is -2.19. The van der Waals surface area contributed by atoms with E-state index in [9.17, 15) is 9.59 Å². The van der Waals surface area contributed by atoms with E-state index in [1.54, 1.807) is 12.5 Å². The quantitative estimate of drug-likeness (QED) is 0.552. The number of methoxy groups -OCH3 is 2. The van der Waals surface area contributed by atoms with Gasteiger partial charge in [-0.3, -0.25) is 14.9 Å². The first kappa shape index (κ1) is 15.5. The van der Waals surface area contributed by atoms with Gasteiger partial charge in [0.15, 0.2) is 5.13 Å². The predicted molar refractivity (Wildman–Crippen MR) is 69.2 cm³/mol. The van der Waals surface area contributed by atoms with Gasteiger partial charge in [-0.1, -0.05) is 0 Å². The third-order valence-electron chi connectivity index (χ3n) is 2.02. The minimum atomic E-state index is -0.369. The summed E-state index contributed by atoms with van der Waals surface area (Å²) in [6.07, 6.45) is 0.0905. The van der Waals surface area contributed by atoms with E-state index >= 15 is 0 Å². The number of hydrogen-bond acceptors (Lipinski definition) is 7. The van der Waals surface area contributed by atoms with Crippen molar-refractivity contribution in [2.75, 3.05) is 39.4 Å². The molecule has 0 spiro atoms. The topological polar surface area (TPSA) is 86.8 Å². The number of hydrogen-bond donors (Lipinski definition) is 1. The van der Waals surface area contributed by atoms with Crippen LogP contribution in [-0.2, 0) is 30.2 Å². The lowest BCUT2D eigenvalue weighted by atomic mass is 10.3. The van der Waals surface area contributed by atoms with Gasteiger partial charge in [-0.15, -0.1) is 11.3 Å². The van der Waals surface area contributed by atoms with Crippen molar-refractivity contribution in [1.82, 2.24) is 4.98 Å². The molecular formula is C11H16N2O5S. The molecule has 0 bridgehead atoms. The van der Waals surface area contributed by atoms with Gasteiger partial charge < -0.3 is 14.2 Å². The van der Waals surface area contributed by atoms with Crippen LogP contribution in [0.5, 0.6) is 0 Å². The molecule has 0 saturated heterocycles. The Morgan fingerprint density at radius 2 is 2.16 bits per heavy atom. The van der Waals surface area contributed by atoms with Gasteiger partial charge in [0, 0.05) is 12.5 Å². The third kappa shape index (κ3) is 6.27. The van der Waals surface area contributed by atoms with Crippen molar-refractivity contribution in [2.45, 2.75) is 6.42 Å². The van der Waals surface area contributed by atoms with Crippen LogP contribution in [0.3, 0.4) is 0 Å². The first-order valence-corrected chi connectivity index (χ1v) is 6.41. The fraction of sp³-hybridized carbons (Fsp3) is 0.545. The molecule has 1 amide bonds. The largest absolute Gasteiger partial charge is 0.469 e. The zero-order chi connectivity index (χ0) is 14.1. The maximum absolute atomic E-state index is 11.5. The minimum Gasteiger partial charge on any atom is -0.469 e. The van der Waals surface area contributed by atoms with E-state index in [1.165, 1.54) is 18.4 Å². The number of amides is 1. The van der Waals surface area contributed by atoms with Crippen LogP contribution in [0.4, 0.5) is 5.13 Å². The van der Waals surface area contributed by atoms with Crippen LogP contribution in [0.25, 0.3) is 0 Å². The Morgan fingerprint density at radius 1 is 1.37 bits per heavy atom. The molecule has 0 aliphatic rings. The molecular weight excluding hydrogens is 272 g/mol. The first-order valence-electron chi connectivity index (χ1n) is 5.53. The van der Waals surface area contributed by atoms with Crippen molar-refractivity contribution in [3.8, 4) is 0 Å². The van der Waals surface area contributed by atoms with Crippen LogP contribution >= 0.6 is 11.3 Å². The minimum absolute atomic E-state index is 0.0602. The molecule has 0 aliphatic heterocycles. The molecule has 0 aromatic carbocycles. The molecule has 1 heterocycles. The zero-order valence-corrected chi connectivity index (χ0v) is 11.6. The lowest BCUT2D eigenvalue weighted by molar-refractivity contribution is -0.139. The molecule has 0 aliphatic carbocycles. The molecule has 0 unspecified atom stereocenters. The lowest BCUT2D eigenvalue weighted by Gasteiger charge is -2.03. The smallest absolute Gasteiger partial charge is 0.311 e. The highest BCUT2D eigenvalue weighted by molar-refractivity contribution is 7.13. The average Bonchev–Trinajstić information content (AvgIpc) is 2.81. The SMILES string of the molecule is COCCOCC(=O)Nc1nc(CC(=O)OC)cs1. The number of esters is 1. The van der Waals surface area contributed by atoms with Gasteiger partial charge in [0.25, 0.3) is 5.91 Å². The normalized spacial score (nSPS) is 10.2. The number of carbonyl (C=O) groups excluding carboxylic acids is 2. The second-order valence-corrected chi connectivity index (χ2v) is 4.35. The van der Waals surface area contributed by atoms with E-state index in [2.05, 4.69) is 15.0 Å². The van der Waals surface area contributed by atoms with Crippen molar-refractivity contribution in [3.05, 3.63) is 11.1 Å². The van der Waals surface area contributed by atoms with Gasteiger partial charge in [0.2, 0.25) is 0 Å². The Kier molecular flexibility index (Phi) is 7.01. The summed E-state index contributed by atoms with van der Waals surface area (Å²) in [5.41, 5.74) is 0.562. The van der Waals surface area contributed by atoms with E-state index < -0.39 is 0 Å². The fourth-order valence-corrected chi connectivity index (χ4v) is 1.85. The highest BCUT2D eigenvalue weighted by Gasteiger charge is 2.09. The number of thiazole rings is 1. The number of ether oxygens (including phenoxy) is 3. The van der Waals surface area contributed by atoms with E-state index in [1.807, 2.05) is 0 Å². The summed E-state index contributed by atoms with van der Waals surface area (Å²) in [6.45, 7) is 0.735. The van der Waals surface area contributed by atoms with Crippen molar-refractivity contribution >= 4 is 28.3 Å². The molecule has 0 saturated carbocycles. The Balaban J connectivity index is 2.32. The van der Waals surface area contributed by atoms with Gasteiger partial charge in [-0.25, -0.2) is 4.98 Å². The highest BCUT2D eigenvalue weighted by Crippen LogP contribution is 2.15. The fourth-order valence-electron chi connectivity index (χ4n) is 1.13. The molecule has 0 radical (unpaired) electrons. The van der Waals surface area contributed by atoms with E-state index in [4.69, 9.17) is 9.47 Å². The highest BCUT2D eigenvalue weighted by atomic mass is 32.1. The zero-order valence-electron chi connectivity index (χ0n) is 10.8. The molecule has 1 aromatic heterocycles. The predicted octanol–water partition coefficient (Wildman–Crippen LogP) is 0.460. The molecule has 1 rings (SSSR count). The summed E-state index contributed by atoms with van der Waals surface area (Å²) < 4.78 is 14.4. The summed E-state index contributed by atoms with van der Waals surface area (Å²) in [5.74, 6) is -0.666. The summed E-state index contributed by atoms with van der Waals surface area (Å²) >= 11 is 1.24. The average molecular weight is 288 g/mol. The summed E-state index contributed by atoms with van der Waals surface area (Å²) in [4.78, 5) is 26.6.